The molecule has 0 spiro atoms. The van der Waals surface area contributed by atoms with Crippen LogP contribution in [0.1, 0.15) is 51.9 Å². The Hall–Kier alpha value is -0.586. The van der Waals surface area contributed by atoms with Crippen molar-refractivity contribution in [2.24, 2.45) is 0 Å². The molecule has 0 aliphatic heterocycles. The lowest BCUT2D eigenvalue weighted by molar-refractivity contribution is 0.112. The minimum Gasteiger partial charge on any atom is -0.544 e. The highest BCUT2D eigenvalue weighted by molar-refractivity contribution is 7.20. The van der Waals surface area contributed by atoms with Crippen LogP contribution in [0.15, 0.2) is 24.3 Å². The summed E-state index contributed by atoms with van der Waals surface area (Å²) < 4.78 is 6.09. The summed E-state index contributed by atoms with van der Waals surface area (Å²) in [7, 11) is -3.15. The first-order chi connectivity index (χ1) is 10.5. The van der Waals surface area contributed by atoms with Gasteiger partial charge in [-0.2, -0.15) is 11.1 Å². The monoisotopic (exact) mass is 386 g/mol. The quantitative estimate of drug-likeness (QED) is 0.314. The lowest BCUT2D eigenvalue weighted by Crippen LogP contribution is -2.43. The maximum Gasteiger partial charge on any atom is 0.250 e. The normalized spacial score (nSPS) is 13.0. The molecule has 0 saturated carbocycles. The summed E-state index contributed by atoms with van der Waals surface area (Å²) in [6.45, 7) is 22.0. The third-order valence-corrected chi connectivity index (χ3v) is 14.6. The highest BCUT2D eigenvalue weighted by Crippen LogP contribution is 2.38. The predicted octanol–water partition coefficient (Wildman–Crippen LogP) is 7.11. The zero-order valence-electron chi connectivity index (χ0n) is 17.1. The first-order valence-electron chi connectivity index (χ1n) is 8.44. The molecule has 0 aliphatic rings. The fourth-order valence-electron chi connectivity index (χ4n) is 1.06. The molecule has 24 heavy (non-hydrogen) atoms. The molecule has 1 aromatic carbocycles. The minimum absolute atomic E-state index is 0.191. The second kappa shape index (κ2) is 8.20. The summed E-state index contributed by atoms with van der Waals surface area (Å²) in [5.41, 5.74) is 0.683. The van der Waals surface area contributed by atoms with E-state index in [4.69, 9.17) is 15.5 Å². The van der Waals surface area contributed by atoms with Crippen LogP contribution in [0, 0.1) is 0 Å². The van der Waals surface area contributed by atoms with Crippen molar-refractivity contribution in [3.05, 3.63) is 29.8 Å². The molecule has 0 aromatic heterocycles. The number of hydrogen-bond donors (Lipinski definition) is 0. The highest BCUT2D eigenvalue weighted by Gasteiger charge is 2.38. The average molecular weight is 387 g/mol. The molecular weight excluding hydrogens is 352 g/mol. The van der Waals surface area contributed by atoms with Gasteiger partial charge in [0.25, 0.3) is 0 Å². The Morgan fingerprint density at radius 2 is 1.25 bits per heavy atom. The van der Waals surface area contributed by atoms with E-state index in [0.29, 0.717) is 10.6 Å². The van der Waals surface area contributed by atoms with Crippen LogP contribution >= 0.6 is 11.1 Å². The van der Waals surface area contributed by atoms with Crippen LogP contribution in [0.3, 0.4) is 0 Å². The topological polar surface area (TPSA) is 26.3 Å². The van der Waals surface area contributed by atoms with Gasteiger partial charge in [-0.1, -0.05) is 54.6 Å². The van der Waals surface area contributed by atoms with E-state index in [1.54, 1.807) is 12.1 Å². The first-order valence-corrected chi connectivity index (χ1v) is 15.4. The van der Waals surface area contributed by atoms with Crippen LogP contribution in [-0.2, 0) is 0 Å². The van der Waals surface area contributed by atoms with E-state index in [0.717, 1.165) is 12.0 Å². The molecule has 0 radical (unpaired) electrons. The molecule has 138 valence electrons. The molecule has 0 fully saturated rings. The van der Waals surface area contributed by atoms with Gasteiger partial charge in [0.2, 0.25) is 8.32 Å². The summed E-state index contributed by atoms with van der Waals surface area (Å²) in [6.07, 6.45) is 0.843. The SMILES string of the molecule is CC(C)(C)[Si](C)(C)Cl.CC(C)(C)[Si](C)(C)Oc1ccc(C=O)cc1. The van der Waals surface area contributed by atoms with Crippen molar-refractivity contribution in [2.75, 3.05) is 0 Å². The summed E-state index contributed by atoms with van der Waals surface area (Å²) in [4.78, 5) is 10.5. The van der Waals surface area contributed by atoms with Crippen LogP contribution in [-0.4, -0.2) is 22.0 Å². The molecular formula is C19H35ClO2Si2. The maximum atomic E-state index is 10.5. The van der Waals surface area contributed by atoms with E-state index in [-0.39, 0.29) is 5.04 Å². The predicted molar refractivity (Wildman–Crippen MR) is 113 cm³/mol. The molecule has 0 bridgehead atoms. The van der Waals surface area contributed by atoms with Gasteiger partial charge in [-0.25, -0.2) is 0 Å². The van der Waals surface area contributed by atoms with Crippen molar-refractivity contribution < 1.29 is 9.22 Å². The molecule has 0 amide bonds. The molecule has 0 unspecified atom stereocenters. The third-order valence-electron chi connectivity index (χ3n) is 4.98. The van der Waals surface area contributed by atoms with Crippen molar-refractivity contribution in [2.45, 2.75) is 77.8 Å². The van der Waals surface area contributed by atoms with Crippen molar-refractivity contribution in [3.63, 3.8) is 0 Å². The van der Waals surface area contributed by atoms with E-state index < -0.39 is 15.7 Å². The van der Waals surface area contributed by atoms with Gasteiger partial charge < -0.3 is 4.43 Å². The van der Waals surface area contributed by atoms with E-state index >= 15 is 0 Å². The van der Waals surface area contributed by atoms with Gasteiger partial charge in [0.15, 0.2) is 7.38 Å². The van der Waals surface area contributed by atoms with E-state index in [2.05, 4.69) is 67.7 Å². The second-order valence-electron chi connectivity index (χ2n) is 9.27. The first kappa shape index (κ1) is 23.4. The summed E-state index contributed by atoms with van der Waals surface area (Å²) in [5, 5.41) is 0.533. The molecule has 5 heteroatoms. The summed E-state index contributed by atoms with van der Waals surface area (Å²) in [6, 6.07) is 7.30. The van der Waals surface area contributed by atoms with Crippen molar-refractivity contribution >= 4 is 33.1 Å². The number of hydrogen-bond acceptors (Lipinski definition) is 2. The minimum atomic E-state index is -1.76. The zero-order chi connectivity index (χ0) is 19.4. The number of benzene rings is 1. The van der Waals surface area contributed by atoms with E-state index in [1.807, 2.05) is 12.1 Å². The van der Waals surface area contributed by atoms with E-state index in [1.165, 1.54) is 0 Å². The third kappa shape index (κ3) is 7.53. The lowest BCUT2D eigenvalue weighted by Gasteiger charge is -2.36. The van der Waals surface area contributed by atoms with Crippen LogP contribution in [0.5, 0.6) is 5.75 Å². The van der Waals surface area contributed by atoms with Crippen LogP contribution in [0.25, 0.3) is 0 Å². The fourth-order valence-corrected chi connectivity index (χ4v) is 2.09. The number of rotatable bonds is 3. The van der Waals surface area contributed by atoms with Crippen LogP contribution < -0.4 is 4.43 Å². The Morgan fingerprint density at radius 3 is 1.50 bits per heavy atom. The largest absolute Gasteiger partial charge is 0.544 e. The zero-order valence-corrected chi connectivity index (χ0v) is 19.8. The number of halogens is 1. The van der Waals surface area contributed by atoms with Crippen molar-refractivity contribution in [3.8, 4) is 5.75 Å². The van der Waals surface area contributed by atoms with Crippen LogP contribution in [0.4, 0.5) is 0 Å². The molecule has 1 rings (SSSR count). The lowest BCUT2D eigenvalue weighted by atomic mass is 10.2. The van der Waals surface area contributed by atoms with Gasteiger partial charge in [-0.3, -0.25) is 4.79 Å². The molecule has 0 heterocycles. The van der Waals surface area contributed by atoms with Crippen LogP contribution in [0.2, 0.25) is 36.3 Å². The molecule has 0 atom stereocenters. The fraction of sp³-hybridized carbons (Fsp3) is 0.632. The Morgan fingerprint density at radius 1 is 0.875 bits per heavy atom. The average Bonchev–Trinajstić information content (AvgIpc) is 2.36. The van der Waals surface area contributed by atoms with Gasteiger partial charge in [-0.15, -0.1) is 0 Å². The molecule has 1 aromatic rings. The number of carbonyl (C=O) groups is 1. The molecule has 0 aliphatic carbocycles. The Bertz CT molecular complexity index is 506. The van der Waals surface area contributed by atoms with Crippen molar-refractivity contribution in [1.82, 2.24) is 0 Å². The highest BCUT2D eigenvalue weighted by atomic mass is 35.6. The van der Waals surface area contributed by atoms with Gasteiger partial charge in [0, 0.05) is 5.56 Å². The molecule has 0 N–H and O–H groups in total. The second-order valence-corrected chi connectivity index (χ2v) is 21.3. The van der Waals surface area contributed by atoms with Gasteiger partial charge >= 0.3 is 0 Å². The summed E-state index contributed by atoms with van der Waals surface area (Å²) in [5.74, 6) is 0.859. The number of carbonyl (C=O) groups excluding carboxylic acids is 1. The molecule has 2 nitrogen and oxygen atoms in total. The van der Waals surface area contributed by atoms with Gasteiger partial charge in [-0.05, 0) is 47.4 Å². The standard InChI is InChI=1S/C13H20O2Si.C6H15ClSi/c1-13(2,3)16(4,5)15-12-8-6-11(10-14)7-9-12;1-6(2,3)8(4,5)7/h6-10H,1-5H3;1-5H3. The van der Waals surface area contributed by atoms with Gasteiger partial charge in [0.05, 0.1) is 0 Å². The number of aldehydes is 1. The Balaban J connectivity index is 0.000000561. The Kier molecular flexibility index (Phi) is 7.99. The molecule has 0 saturated heterocycles. The van der Waals surface area contributed by atoms with Gasteiger partial charge in [0.1, 0.15) is 12.0 Å². The summed E-state index contributed by atoms with van der Waals surface area (Å²) >= 11 is 6.15. The smallest absolute Gasteiger partial charge is 0.250 e. The Labute approximate surface area is 155 Å². The maximum absolute atomic E-state index is 10.5. The van der Waals surface area contributed by atoms with E-state index in [9.17, 15) is 4.79 Å². The van der Waals surface area contributed by atoms with Crippen molar-refractivity contribution in [1.29, 1.82) is 0 Å².